The second kappa shape index (κ2) is 4.98. The molecule has 5 heteroatoms. The van der Waals surface area contributed by atoms with Crippen LogP contribution in [0.15, 0.2) is 0 Å². The fraction of sp³-hybridized carbons (Fsp3) is 0.833. The smallest absolute Gasteiger partial charge is 0.133 e. The van der Waals surface area contributed by atoms with Crippen molar-refractivity contribution < 1.29 is 0 Å². The normalized spacial score (nSPS) is 25.8. The van der Waals surface area contributed by atoms with Crippen LogP contribution in [0, 0.1) is 5.92 Å². The van der Waals surface area contributed by atoms with Crippen LogP contribution < -0.4 is 5.73 Å². The molecule has 94 valence electrons. The molecule has 2 aliphatic rings. The Morgan fingerprint density at radius 1 is 1.24 bits per heavy atom. The number of hydrogen-bond acceptors (Lipinski definition) is 4. The van der Waals surface area contributed by atoms with E-state index >= 15 is 0 Å². The van der Waals surface area contributed by atoms with Crippen LogP contribution in [0.1, 0.15) is 30.9 Å². The molecule has 0 saturated carbocycles. The van der Waals surface area contributed by atoms with Crippen LogP contribution in [-0.4, -0.2) is 32.3 Å². The van der Waals surface area contributed by atoms with Gasteiger partial charge in [-0.3, -0.25) is 0 Å². The Balaban J connectivity index is 1.72. The molecule has 1 saturated heterocycles. The van der Waals surface area contributed by atoms with Crippen LogP contribution in [0.5, 0.6) is 0 Å². The van der Waals surface area contributed by atoms with E-state index in [1.807, 2.05) is 0 Å². The summed E-state index contributed by atoms with van der Waals surface area (Å²) in [6.45, 7) is 0.916. The van der Waals surface area contributed by atoms with E-state index in [0.717, 1.165) is 37.5 Å². The maximum absolute atomic E-state index is 6.03. The number of thioether (sulfide) groups is 1. The van der Waals surface area contributed by atoms with E-state index in [9.17, 15) is 0 Å². The van der Waals surface area contributed by atoms with Gasteiger partial charge in [-0.05, 0) is 36.7 Å². The summed E-state index contributed by atoms with van der Waals surface area (Å²) in [5, 5.41) is 8.69. The standard InChI is InChI=1S/C12H20N4S/c13-10-1-2-11-14-15-12(16(11)8-10)7-9-3-5-17-6-4-9/h9-10H,1-8,13H2. The summed E-state index contributed by atoms with van der Waals surface area (Å²) in [5.74, 6) is 5.75. The lowest BCUT2D eigenvalue weighted by Crippen LogP contribution is -2.33. The zero-order chi connectivity index (χ0) is 11.7. The van der Waals surface area contributed by atoms with E-state index in [1.54, 1.807) is 0 Å². The van der Waals surface area contributed by atoms with Crippen LogP contribution in [0.2, 0.25) is 0 Å². The minimum Gasteiger partial charge on any atom is -0.326 e. The Morgan fingerprint density at radius 3 is 2.88 bits per heavy atom. The quantitative estimate of drug-likeness (QED) is 0.860. The number of aryl methyl sites for hydroxylation is 1. The molecule has 0 spiro atoms. The molecule has 0 aromatic carbocycles. The number of nitrogens with two attached hydrogens (primary N) is 1. The van der Waals surface area contributed by atoms with Gasteiger partial charge in [0, 0.05) is 25.4 Å². The van der Waals surface area contributed by atoms with Gasteiger partial charge in [0.05, 0.1) is 0 Å². The highest BCUT2D eigenvalue weighted by Gasteiger charge is 2.23. The van der Waals surface area contributed by atoms with Gasteiger partial charge >= 0.3 is 0 Å². The molecule has 2 aliphatic heterocycles. The molecule has 1 atom stereocenters. The average Bonchev–Trinajstić information content (AvgIpc) is 2.73. The molecular formula is C12H20N4S. The van der Waals surface area contributed by atoms with Gasteiger partial charge in [0.15, 0.2) is 0 Å². The Hall–Kier alpha value is -0.550. The molecule has 4 nitrogen and oxygen atoms in total. The monoisotopic (exact) mass is 252 g/mol. The van der Waals surface area contributed by atoms with Crippen molar-refractivity contribution in [2.75, 3.05) is 11.5 Å². The SMILES string of the molecule is NC1CCc2nnc(CC3CCSCC3)n2C1. The van der Waals surface area contributed by atoms with E-state index in [2.05, 4.69) is 26.5 Å². The molecule has 0 aliphatic carbocycles. The van der Waals surface area contributed by atoms with Crippen LogP contribution in [0.4, 0.5) is 0 Å². The topological polar surface area (TPSA) is 56.7 Å². The highest BCUT2D eigenvalue weighted by molar-refractivity contribution is 7.99. The van der Waals surface area contributed by atoms with Gasteiger partial charge in [-0.1, -0.05) is 0 Å². The summed E-state index contributed by atoms with van der Waals surface area (Å²) in [4.78, 5) is 0. The Kier molecular flexibility index (Phi) is 3.38. The fourth-order valence-electron chi connectivity index (χ4n) is 2.77. The van der Waals surface area contributed by atoms with Crippen molar-refractivity contribution in [2.24, 2.45) is 11.7 Å². The van der Waals surface area contributed by atoms with Gasteiger partial charge in [0.25, 0.3) is 0 Å². The van der Waals surface area contributed by atoms with Crippen molar-refractivity contribution in [1.29, 1.82) is 0 Å². The third-order valence-electron chi connectivity index (χ3n) is 3.87. The number of rotatable bonds is 2. The van der Waals surface area contributed by atoms with E-state index in [0.29, 0.717) is 6.04 Å². The number of hydrogen-bond donors (Lipinski definition) is 1. The van der Waals surface area contributed by atoms with Gasteiger partial charge in [-0.25, -0.2) is 0 Å². The zero-order valence-electron chi connectivity index (χ0n) is 10.1. The summed E-state index contributed by atoms with van der Waals surface area (Å²) in [7, 11) is 0. The van der Waals surface area contributed by atoms with Crippen molar-refractivity contribution in [3.63, 3.8) is 0 Å². The van der Waals surface area contributed by atoms with E-state index in [4.69, 9.17) is 5.73 Å². The number of nitrogens with zero attached hydrogens (tertiary/aromatic N) is 3. The van der Waals surface area contributed by atoms with Gasteiger partial charge in [0.1, 0.15) is 11.6 Å². The molecule has 0 bridgehead atoms. The first kappa shape index (κ1) is 11.5. The van der Waals surface area contributed by atoms with Gasteiger partial charge in [0.2, 0.25) is 0 Å². The maximum Gasteiger partial charge on any atom is 0.133 e. The van der Waals surface area contributed by atoms with Crippen LogP contribution in [0.3, 0.4) is 0 Å². The first-order chi connectivity index (χ1) is 8.33. The third-order valence-corrected chi connectivity index (χ3v) is 4.92. The van der Waals surface area contributed by atoms with E-state index in [1.165, 1.54) is 30.2 Å². The molecule has 0 radical (unpaired) electrons. The molecule has 0 amide bonds. The second-order valence-corrected chi connectivity index (χ2v) is 6.43. The van der Waals surface area contributed by atoms with Crippen molar-refractivity contribution in [3.05, 3.63) is 11.6 Å². The summed E-state index contributed by atoms with van der Waals surface area (Å²) >= 11 is 2.08. The minimum atomic E-state index is 0.291. The van der Waals surface area contributed by atoms with Crippen LogP contribution in [0.25, 0.3) is 0 Å². The predicted molar refractivity (Wildman–Crippen MR) is 70.1 cm³/mol. The predicted octanol–water partition coefficient (Wildman–Crippen LogP) is 1.24. The summed E-state index contributed by atoms with van der Waals surface area (Å²) in [6, 6.07) is 0.291. The summed E-state index contributed by atoms with van der Waals surface area (Å²) in [6.07, 6.45) is 5.81. The fourth-order valence-corrected chi connectivity index (χ4v) is 3.97. The average molecular weight is 252 g/mol. The summed E-state index contributed by atoms with van der Waals surface area (Å²) < 4.78 is 2.27. The largest absolute Gasteiger partial charge is 0.326 e. The van der Waals surface area contributed by atoms with E-state index in [-0.39, 0.29) is 0 Å². The van der Waals surface area contributed by atoms with Gasteiger partial charge in [-0.2, -0.15) is 11.8 Å². The minimum absolute atomic E-state index is 0.291. The Bertz CT molecular complexity index is 384. The molecule has 2 N–H and O–H groups in total. The number of fused-ring (bicyclic) bond motifs is 1. The summed E-state index contributed by atoms with van der Waals surface area (Å²) in [5.41, 5.74) is 6.03. The highest BCUT2D eigenvalue weighted by atomic mass is 32.2. The molecule has 1 aromatic heterocycles. The van der Waals surface area contributed by atoms with Crippen molar-refractivity contribution >= 4 is 11.8 Å². The lowest BCUT2D eigenvalue weighted by molar-refractivity contribution is 0.418. The lowest BCUT2D eigenvalue weighted by Gasteiger charge is -2.24. The first-order valence-electron chi connectivity index (χ1n) is 6.57. The maximum atomic E-state index is 6.03. The van der Waals surface area contributed by atoms with Crippen molar-refractivity contribution in [2.45, 2.75) is 44.7 Å². The third kappa shape index (κ3) is 2.50. The molecule has 17 heavy (non-hydrogen) atoms. The second-order valence-electron chi connectivity index (χ2n) is 5.20. The molecule has 1 unspecified atom stereocenters. The van der Waals surface area contributed by atoms with Crippen LogP contribution in [-0.2, 0) is 19.4 Å². The first-order valence-corrected chi connectivity index (χ1v) is 7.72. The van der Waals surface area contributed by atoms with Crippen LogP contribution >= 0.6 is 11.8 Å². The Morgan fingerprint density at radius 2 is 2.06 bits per heavy atom. The molecular weight excluding hydrogens is 232 g/mol. The molecule has 3 heterocycles. The van der Waals surface area contributed by atoms with Crippen molar-refractivity contribution in [3.8, 4) is 0 Å². The van der Waals surface area contributed by atoms with E-state index < -0.39 is 0 Å². The van der Waals surface area contributed by atoms with Gasteiger partial charge in [-0.15, -0.1) is 10.2 Å². The van der Waals surface area contributed by atoms with Gasteiger partial charge < -0.3 is 10.3 Å². The van der Waals surface area contributed by atoms with Crippen molar-refractivity contribution in [1.82, 2.24) is 14.8 Å². The number of aromatic nitrogens is 3. The highest BCUT2D eigenvalue weighted by Crippen LogP contribution is 2.26. The Labute approximate surface area is 106 Å². The zero-order valence-corrected chi connectivity index (χ0v) is 11.0. The molecule has 1 fully saturated rings. The molecule has 3 rings (SSSR count). The lowest BCUT2D eigenvalue weighted by atomic mass is 9.98. The molecule has 1 aromatic rings.